The molecule has 0 aliphatic carbocycles. The van der Waals surface area contributed by atoms with Gasteiger partial charge in [0.25, 0.3) is 0 Å². The molecule has 4 aromatic rings. The smallest absolute Gasteiger partial charge is 0.132 e. The molecule has 1 aliphatic heterocycles. The van der Waals surface area contributed by atoms with Crippen LogP contribution in [0.4, 0.5) is 0 Å². The monoisotopic (exact) mass is 523 g/mol. The lowest BCUT2D eigenvalue weighted by molar-refractivity contribution is 0.00983. The SMILES string of the molecule is COc1cc(COC2CNCCC2c2ccc(OCCC=Cc3ccccc3)cc2)c(OC)c2ccccc12. The third-order valence-electron chi connectivity index (χ3n) is 7.31. The predicted molar refractivity (Wildman–Crippen MR) is 158 cm³/mol. The van der Waals surface area contributed by atoms with Crippen LogP contribution in [0.5, 0.6) is 17.2 Å². The standard InChI is InChI=1S/C34H37NO4/c1-36-32-22-27(34(37-2)31-14-7-6-13-30(31)32)24-39-33-23-35-20-19-29(33)26-15-17-28(18-16-26)38-21-9-8-12-25-10-4-3-5-11-25/h3-8,10-18,22,29,33,35H,9,19-21,23-24H2,1-2H3. The van der Waals surface area contributed by atoms with Gasteiger partial charge < -0.3 is 24.3 Å². The summed E-state index contributed by atoms with van der Waals surface area (Å²) >= 11 is 0. The lowest BCUT2D eigenvalue weighted by atomic mass is 9.87. The second-order valence-electron chi connectivity index (χ2n) is 9.78. The van der Waals surface area contributed by atoms with Crippen molar-refractivity contribution in [2.45, 2.75) is 31.5 Å². The van der Waals surface area contributed by atoms with Crippen LogP contribution in [-0.4, -0.2) is 40.0 Å². The molecule has 4 aromatic carbocycles. The fourth-order valence-corrected chi connectivity index (χ4v) is 5.31. The molecular formula is C34H37NO4. The third kappa shape index (κ3) is 6.62. The Morgan fingerprint density at radius 3 is 2.41 bits per heavy atom. The molecule has 5 heteroatoms. The van der Waals surface area contributed by atoms with E-state index in [1.165, 1.54) is 11.1 Å². The van der Waals surface area contributed by atoms with Crippen molar-refractivity contribution in [1.29, 1.82) is 0 Å². The molecule has 2 unspecified atom stereocenters. The van der Waals surface area contributed by atoms with Gasteiger partial charge >= 0.3 is 0 Å². The lowest BCUT2D eigenvalue weighted by Gasteiger charge is -2.33. The Morgan fingerprint density at radius 1 is 0.872 bits per heavy atom. The molecule has 0 aromatic heterocycles. The molecule has 1 fully saturated rings. The summed E-state index contributed by atoms with van der Waals surface area (Å²) < 4.78 is 24.0. The van der Waals surface area contributed by atoms with Gasteiger partial charge in [-0.05, 0) is 48.7 Å². The number of nitrogens with one attached hydrogen (secondary N) is 1. The summed E-state index contributed by atoms with van der Waals surface area (Å²) in [6.45, 7) is 2.89. The molecule has 39 heavy (non-hydrogen) atoms. The molecule has 5 nitrogen and oxygen atoms in total. The normalized spacial score (nSPS) is 17.4. The predicted octanol–water partition coefficient (Wildman–Crippen LogP) is 7.00. The van der Waals surface area contributed by atoms with Crippen molar-refractivity contribution in [2.24, 2.45) is 0 Å². The summed E-state index contributed by atoms with van der Waals surface area (Å²) in [7, 11) is 3.42. The zero-order chi connectivity index (χ0) is 26.9. The van der Waals surface area contributed by atoms with E-state index >= 15 is 0 Å². The van der Waals surface area contributed by atoms with Crippen molar-refractivity contribution >= 4 is 16.8 Å². The Kier molecular flexibility index (Phi) is 9.15. The molecule has 0 saturated carbocycles. The van der Waals surface area contributed by atoms with Gasteiger partial charge in [-0.3, -0.25) is 0 Å². The van der Waals surface area contributed by atoms with Crippen LogP contribution in [0.1, 0.15) is 35.4 Å². The quantitative estimate of drug-likeness (QED) is 0.215. The number of hydrogen-bond donors (Lipinski definition) is 1. The van der Waals surface area contributed by atoms with Gasteiger partial charge in [0.15, 0.2) is 0 Å². The molecule has 0 radical (unpaired) electrons. The van der Waals surface area contributed by atoms with E-state index in [1.807, 2.05) is 36.4 Å². The Bertz CT molecular complexity index is 1370. The summed E-state index contributed by atoms with van der Waals surface area (Å²) in [5.41, 5.74) is 3.47. The van der Waals surface area contributed by atoms with Gasteiger partial charge in [-0.15, -0.1) is 0 Å². The molecule has 1 saturated heterocycles. The van der Waals surface area contributed by atoms with Gasteiger partial charge in [-0.25, -0.2) is 0 Å². The van der Waals surface area contributed by atoms with E-state index in [1.54, 1.807) is 14.2 Å². The van der Waals surface area contributed by atoms with Crippen LogP contribution in [0.2, 0.25) is 0 Å². The maximum Gasteiger partial charge on any atom is 0.132 e. The highest BCUT2D eigenvalue weighted by Gasteiger charge is 2.28. The minimum absolute atomic E-state index is 0.0517. The van der Waals surface area contributed by atoms with Crippen LogP contribution in [-0.2, 0) is 11.3 Å². The van der Waals surface area contributed by atoms with Crippen LogP contribution < -0.4 is 19.5 Å². The van der Waals surface area contributed by atoms with Gasteiger partial charge in [0, 0.05) is 28.8 Å². The molecule has 2 atom stereocenters. The van der Waals surface area contributed by atoms with Crippen LogP contribution in [0.15, 0.2) is 91.0 Å². The van der Waals surface area contributed by atoms with Gasteiger partial charge in [0.05, 0.1) is 33.5 Å². The van der Waals surface area contributed by atoms with Crippen molar-refractivity contribution in [3.05, 3.63) is 108 Å². The highest BCUT2D eigenvalue weighted by Crippen LogP contribution is 2.38. The lowest BCUT2D eigenvalue weighted by Crippen LogP contribution is -2.41. The number of rotatable bonds is 11. The molecule has 0 spiro atoms. The number of fused-ring (bicyclic) bond motifs is 1. The first-order valence-corrected chi connectivity index (χ1v) is 13.7. The second-order valence-corrected chi connectivity index (χ2v) is 9.78. The van der Waals surface area contributed by atoms with Crippen LogP contribution in [0.25, 0.3) is 16.8 Å². The average molecular weight is 524 g/mol. The topological polar surface area (TPSA) is 49.0 Å². The van der Waals surface area contributed by atoms with Gasteiger partial charge in [0.1, 0.15) is 17.2 Å². The number of hydrogen-bond acceptors (Lipinski definition) is 5. The van der Waals surface area contributed by atoms with Crippen molar-refractivity contribution in [3.8, 4) is 17.2 Å². The molecular weight excluding hydrogens is 486 g/mol. The van der Waals surface area contributed by atoms with E-state index in [0.717, 1.165) is 59.5 Å². The van der Waals surface area contributed by atoms with E-state index in [9.17, 15) is 0 Å². The van der Waals surface area contributed by atoms with Crippen LogP contribution >= 0.6 is 0 Å². The van der Waals surface area contributed by atoms with Crippen molar-refractivity contribution in [2.75, 3.05) is 33.9 Å². The first kappa shape index (κ1) is 26.8. The summed E-state index contributed by atoms with van der Waals surface area (Å²) in [5, 5.41) is 5.57. The van der Waals surface area contributed by atoms with Crippen molar-refractivity contribution in [3.63, 3.8) is 0 Å². The Balaban J connectivity index is 1.21. The summed E-state index contributed by atoms with van der Waals surface area (Å²) in [4.78, 5) is 0. The Morgan fingerprint density at radius 2 is 1.64 bits per heavy atom. The van der Waals surface area contributed by atoms with E-state index in [4.69, 9.17) is 18.9 Å². The summed E-state index contributed by atoms with van der Waals surface area (Å²) in [6.07, 6.45) is 6.22. The molecule has 1 aliphatic rings. The zero-order valence-corrected chi connectivity index (χ0v) is 22.8. The first-order chi connectivity index (χ1) is 19.3. The largest absolute Gasteiger partial charge is 0.496 e. The molecule has 0 bridgehead atoms. The Labute approximate surface area is 231 Å². The molecule has 0 amide bonds. The molecule has 1 N–H and O–H groups in total. The number of benzene rings is 4. The highest BCUT2D eigenvalue weighted by molar-refractivity contribution is 5.94. The van der Waals surface area contributed by atoms with E-state index in [-0.39, 0.29) is 6.10 Å². The maximum atomic E-state index is 6.55. The number of methoxy groups -OCH3 is 2. The highest BCUT2D eigenvalue weighted by atomic mass is 16.5. The third-order valence-corrected chi connectivity index (χ3v) is 7.31. The number of ether oxygens (including phenoxy) is 4. The molecule has 1 heterocycles. The zero-order valence-electron chi connectivity index (χ0n) is 22.8. The minimum Gasteiger partial charge on any atom is -0.496 e. The molecule has 5 rings (SSSR count). The van der Waals surface area contributed by atoms with E-state index in [0.29, 0.717) is 19.1 Å². The van der Waals surface area contributed by atoms with Gasteiger partial charge in [0.2, 0.25) is 0 Å². The first-order valence-electron chi connectivity index (χ1n) is 13.7. The second kappa shape index (κ2) is 13.3. The van der Waals surface area contributed by atoms with Crippen LogP contribution in [0, 0.1) is 0 Å². The maximum absolute atomic E-state index is 6.55. The Hall–Kier alpha value is -3.80. The minimum atomic E-state index is 0.0517. The van der Waals surface area contributed by atoms with Gasteiger partial charge in [-0.1, -0.05) is 78.9 Å². The van der Waals surface area contributed by atoms with E-state index < -0.39 is 0 Å². The fraction of sp³-hybridized carbons (Fsp3) is 0.294. The van der Waals surface area contributed by atoms with E-state index in [2.05, 4.69) is 66.0 Å². The average Bonchev–Trinajstić information content (AvgIpc) is 3.00. The molecule has 202 valence electrons. The fourth-order valence-electron chi connectivity index (χ4n) is 5.31. The summed E-state index contributed by atoms with van der Waals surface area (Å²) in [5.74, 6) is 2.87. The number of piperidine rings is 1. The van der Waals surface area contributed by atoms with Gasteiger partial charge in [-0.2, -0.15) is 0 Å². The van der Waals surface area contributed by atoms with Crippen molar-refractivity contribution < 1.29 is 18.9 Å². The van der Waals surface area contributed by atoms with Crippen molar-refractivity contribution in [1.82, 2.24) is 5.32 Å². The van der Waals surface area contributed by atoms with Crippen LogP contribution in [0.3, 0.4) is 0 Å². The summed E-state index contributed by atoms with van der Waals surface area (Å²) in [6, 6.07) is 29.0.